The van der Waals surface area contributed by atoms with Gasteiger partial charge < -0.3 is 9.32 Å². The predicted molar refractivity (Wildman–Crippen MR) is 78.2 cm³/mol. The molecule has 22 heavy (non-hydrogen) atoms. The zero-order valence-electron chi connectivity index (χ0n) is 12.5. The summed E-state index contributed by atoms with van der Waals surface area (Å²) in [6, 6.07) is 0. The van der Waals surface area contributed by atoms with Gasteiger partial charge in [0.15, 0.2) is 0 Å². The van der Waals surface area contributed by atoms with Gasteiger partial charge in [-0.1, -0.05) is 11.8 Å². The molecule has 2 aromatic rings. The molecule has 1 aliphatic heterocycles. The molecule has 0 saturated heterocycles. The summed E-state index contributed by atoms with van der Waals surface area (Å²) in [6.45, 7) is 4.14. The number of aryl methyl sites for hydroxylation is 2. The molecular formula is C13H15N5O3S. The third-order valence-electron chi connectivity index (χ3n) is 3.56. The Kier molecular flexibility index (Phi) is 3.73. The predicted octanol–water partition coefficient (Wildman–Crippen LogP) is 0.415. The van der Waals surface area contributed by atoms with Crippen molar-refractivity contribution >= 4 is 17.7 Å². The zero-order valence-corrected chi connectivity index (χ0v) is 13.3. The molecule has 0 aromatic carbocycles. The fourth-order valence-electron chi connectivity index (χ4n) is 2.26. The van der Waals surface area contributed by atoms with E-state index in [2.05, 4.69) is 15.2 Å². The number of thioether (sulfide) groups is 1. The van der Waals surface area contributed by atoms with Crippen LogP contribution in [0.2, 0.25) is 0 Å². The van der Waals surface area contributed by atoms with Crippen molar-refractivity contribution in [3.8, 4) is 0 Å². The highest BCUT2D eigenvalue weighted by Crippen LogP contribution is 2.21. The summed E-state index contributed by atoms with van der Waals surface area (Å²) in [5.41, 5.74) is 1.20. The Hall–Kier alpha value is -2.16. The van der Waals surface area contributed by atoms with Gasteiger partial charge >= 0.3 is 0 Å². The van der Waals surface area contributed by atoms with Crippen LogP contribution in [-0.4, -0.2) is 36.3 Å². The van der Waals surface area contributed by atoms with Gasteiger partial charge in [-0.15, -0.1) is 10.2 Å². The van der Waals surface area contributed by atoms with Gasteiger partial charge in [0.1, 0.15) is 5.82 Å². The topological polar surface area (TPSA) is 94.1 Å². The third kappa shape index (κ3) is 2.63. The van der Waals surface area contributed by atoms with Gasteiger partial charge in [-0.2, -0.15) is 0 Å². The normalized spacial score (nSPS) is 13.5. The van der Waals surface area contributed by atoms with E-state index in [1.165, 1.54) is 16.3 Å². The fraction of sp³-hybridized carbons (Fsp3) is 0.462. The van der Waals surface area contributed by atoms with Crippen LogP contribution in [0.25, 0.3) is 0 Å². The van der Waals surface area contributed by atoms with E-state index in [9.17, 15) is 9.59 Å². The molecule has 3 heterocycles. The summed E-state index contributed by atoms with van der Waals surface area (Å²) >= 11 is 1.19. The van der Waals surface area contributed by atoms with Crippen molar-refractivity contribution in [3.63, 3.8) is 0 Å². The van der Waals surface area contributed by atoms with Crippen LogP contribution in [0.4, 0.5) is 0 Å². The minimum absolute atomic E-state index is 0.0847. The highest BCUT2D eigenvalue weighted by Gasteiger charge is 2.28. The van der Waals surface area contributed by atoms with Gasteiger partial charge in [-0.05, 0) is 6.92 Å². The number of hydrogen-bond acceptors (Lipinski definition) is 7. The highest BCUT2D eigenvalue weighted by atomic mass is 32.2. The minimum atomic E-state index is -0.0852. The molecule has 0 aliphatic carbocycles. The Morgan fingerprint density at radius 1 is 1.32 bits per heavy atom. The first-order valence-corrected chi connectivity index (χ1v) is 7.70. The number of fused-ring (bicyclic) bond motifs is 1. The molecule has 0 atom stereocenters. The molecule has 0 N–H and O–H groups in total. The van der Waals surface area contributed by atoms with Crippen LogP contribution in [0.15, 0.2) is 14.4 Å². The molecule has 0 unspecified atom stereocenters. The first-order chi connectivity index (χ1) is 10.5. The van der Waals surface area contributed by atoms with Gasteiger partial charge in [0.05, 0.1) is 30.1 Å². The second-order valence-electron chi connectivity index (χ2n) is 5.07. The summed E-state index contributed by atoms with van der Waals surface area (Å²) in [5.74, 6) is 1.22. The van der Waals surface area contributed by atoms with Gasteiger partial charge in [0.25, 0.3) is 10.8 Å². The lowest BCUT2D eigenvalue weighted by Gasteiger charge is -2.13. The summed E-state index contributed by atoms with van der Waals surface area (Å²) in [7, 11) is 1.68. The van der Waals surface area contributed by atoms with Crippen molar-refractivity contribution in [1.82, 2.24) is 24.6 Å². The van der Waals surface area contributed by atoms with E-state index >= 15 is 0 Å². The lowest BCUT2D eigenvalue weighted by atomic mass is 10.2. The Morgan fingerprint density at radius 2 is 2.09 bits per heavy atom. The Morgan fingerprint density at radius 3 is 2.77 bits per heavy atom. The van der Waals surface area contributed by atoms with E-state index in [-0.39, 0.29) is 17.2 Å². The number of carbonyl (C=O) groups excluding carboxylic acids is 1. The molecule has 8 nitrogen and oxygen atoms in total. The van der Waals surface area contributed by atoms with Crippen molar-refractivity contribution in [2.24, 2.45) is 7.05 Å². The van der Waals surface area contributed by atoms with E-state index in [0.29, 0.717) is 41.3 Å². The molecule has 2 aromatic heterocycles. The zero-order chi connectivity index (χ0) is 15.9. The summed E-state index contributed by atoms with van der Waals surface area (Å²) < 4.78 is 6.72. The van der Waals surface area contributed by atoms with E-state index in [4.69, 9.17) is 4.42 Å². The van der Waals surface area contributed by atoms with E-state index in [1.807, 2.05) is 0 Å². The third-order valence-corrected chi connectivity index (χ3v) is 4.37. The maximum Gasteiger partial charge on any atom is 0.277 e. The summed E-state index contributed by atoms with van der Waals surface area (Å²) in [6.07, 6.45) is 0. The molecule has 0 radical (unpaired) electrons. The second-order valence-corrected chi connectivity index (χ2v) is 6.00. The molecule has 116 valence electrons. The van der Waals surface area contributed by atoms with E-state index in [0.717, 1.165) is 0 Å². The molecule has 9 heteroatoms. The highest BCUT2D eigenvalue weighted by molar-refractivity contribution is 7.99. The van der Waals surface area contributed by atoms with Crippen molar-refractivity contribution in [1.29, 1.82) is 0 Å². The van der Waals surface area contributed by atoms with Crippen molar-refractivity contribution in [2.45, 2.75) is 32.2 Å². The number of aromatic nitrogens is 4. The lowest BCUT2D eigenvalue weighted by molar-refractivity contribution is -0.128. The Bertz CT molecular complexity index is 797. The van der Waals surface area contributed by atoms with Gasteiger partial charge in [0, 0.05) is 14.0 Å². The Balaban J connectivity index is 1.69. The number of carbonyl (C=O) groups is 1. The molecular weight excluding hydrogens is 306 g/mol. The van der Waals surface area contributed by atoms with Crippen molar-refractivity contribution in [3.05, 3.63) is 33.3 Å². The smallest absolute Gasteiger partial charge is 0.277 e. The van der Waals surface area contributed by atoms with Gasteiger partial charge in [-0.25, -0.2) is 4.98 Å². The average molecular weight is 321 g/mol. The van der Waals surface area contributed by atoms with Gasteiger partial charge in [-0.3, -0.25) is 14.2 Å². The van der Waals surface area contributed by atoms with Crippen LogP contribution >= 0.6 is 11.8 Å². The van der Waals surface area contributed by atoms with Gasteiger partial charge in [0.2, 0.25) is 11.8 Å². The first kappa shape index (κ1) is 14.8. The Labute approximate surface area is 130 Å². The molecule has 1 amide bonds. The maximum absolute atomic E-state index is 12.3. The summed E-state index contributed by atoms with van der Waals surface area (Å²) in [4.78, 5) is 30.4. The molecule has 0 saturated carbocycles. The van der Waals surface area contributed by atoms with Crippen LogP contribution in [0.3, 0.4) is 0 Å². The maximum atomic E-state index is 12.3. The standard InChI is InChI=1S/C13H15N5O3S/c1-7-14-10-5-18(4-9(10)12(20)17(7)3)11(19)6-22-13-16-15-8(2)21-13/h4-6H2,1-3H3. The van der Waals surface area contributed by atoms with Crippen LogP contribution in [0.5, 0.6) is 0 Å². The van der Waals surface area contributed by atoms with Crippen LogP contribution in [0.1, 0.15) is 23.0 Å². The number of amides is 1. The van der Waals surface area contributed by atoms with Crippen molar-refractivity contribution < 1.29 is 9.21 Å². The van der Waals surface area contributed by atoms with Crippen LogP contribution in [-0.2, 0) is 24.9 Å². The van der Waals surface area contributed by atoms with E-state index in [1.54, 1.807) is 25.8 Å². The average Bonchev–Trinajstić information content (AvgIpc) is 3.09. The molecule has 1 aliphatic rings. The van der Waals surface area contributed by atoms with Crippen LogP contribution < -0.4 is 5.56 Å². The summed E-state index contributed by atoms with van der Waals surface area (Å²) in [5, 5.41) is 7.91. The number of hydrogen-bond donors (Lipinski definition) is 0. The van der Waals surface area contributed by atoms with Crippen molar-refractivity contribution in [2.75, 3.05) is 5.75 Å². The monoisotopic (exact) mass is 321 g/mol. The molecule has 0 bridgehead atoms. The number of rotatable bonds is 3. The minimum Gasteiger partial charge on any atom is -0.416 e. The number of nitrogens with zero attached hydrogens (tertiary/aromatic N) is 5. The fourth-order valence-corrected chi connectivity index (χ4v) is 2.96. The largest absolute Gasteiger partial charge is 0.416 e. The second kappa shape index (κ2) is 5.56. The lowest BCUT2D eigenvalue weighted by Crippen LogP contribution is -2.28. The quantitative estimate of drug-likeness (QED) is 0.756. The van der Waals surface area contributed by atoms with Crippen LogP contribution in [0, 0.1) is 13.8 Å². The van der Waals surface area contributed by atoms with E-state index < -0.39 is 0 Å². The SMILES string of the molecule is Cc1nnc(SCC(=O)N2Cc3nc(C)n(C)c(=O)c3C2)o1. The molecule has 0 fully saturated rings. The molecule has 0 spiro atoms. The first-order valence-electron chi connectivity index (χ1n) is 6.71. The molecule has 3 rings (SSSR count).